The summed E-state index contributed by atoms with van der Waals surface area (Å²) >= 11 is 3.37. The van der Waals surface area contributed by atoms with Gasteiger partial charge in [-0.15, -0.1) is 0 Å². The van der Waals surface area contributed by atoms with Crippen LogP contribution in [0.1, 0.15) is 19.4 Å². The fourth-order valence-electron chi connectivity index (χ4n) is 1.70. The third-order valence-electron chi connectivity index (χ3n) is 2.72. The number of hydrogen-bond acceptors (Lipinski definition) is 3. The van der Waals surface area contributed by atoms with Gasteiger partial charge in [0.25, 0.3) is 0 Å². The summed E-state index contributed by atoms with van der Waals surface area (Å²) in [5, 5.41) is 0. The first-order valence-corrected chi connectivity index (χ1v) is 5.97. The number of esters is 1. The largest absolute Gasteiger partial charge is 0.464 e. The zero-order chi connectivity index (χ0) is 11.8. The number of benzene rings is 1. The van der Waals surface area contributed by atoms with Crippen LogP contribution in [0.15, 0.2) is 28.7 Å². The fourth-order valence-corrected chi connectivity index (χ4v) is 1.97. The second kappa shape index (κ2) is 4.18. The van der Waals surface area contributed by atoms with Gasteiger partial charge >= 0.3 is 5.97 Å². The summed E-state index contributed by atoms with van der Waals surface area (Å²) in [6.45, 7) is 4.07. The summed E-state index contributed by atoms with van der Waals surface area (Å²) in [5.41, 5.74) is 0.473. The zero-order valence-electron chi connectivity index (χ0n) is 9.20. The van der Waals surface area contributed by atoms with Gasteiger partial charge in [-0.2, -0.15) is 0 Å². The maximum absolute atomic E-state index is 11.5. The van der Waals surface area contributed by atoms with Crippen LogP contribution in [0.5, 0.6) is 0 Å². The van der Waals surface area contributed by atoms with Gasteiger partial charge < -0.3 is 9.47 Å². The second-order valence-electron chi connectivity index (χ2n) is 3.86. The molecule has 0 aromatic heterocycles. The van der Waals surface area contributed by atoms with Crippen LogP contribution in [-0.4, -0.2) is 18.7 Å². The van der Waals surface area contributed by atoms with Crippen LogP contribution >= 0.6 is 15.9 Å². The van der Waals surface area contributed by atoms with Crippen molar-refractivity contribution in [2.75, 3.05) is 6.61 Å². The van der Waals surface area contributed by atoms with E-state index in [9.17, 15) is 4.79 Å². The van der Waals surface area contributed by atoms with Crippen molar-refractivity contribution in [1.29, 1.82) is 0 Å². The van der Waals surface area contributed by atoms with Gasteiger partial charge in [0, 0.05) is 4.47 Å². The van der Waals surface area contributed by atoms with Crippen molar-refractivity contribution in [3.05, 3.63) is 34.3 Å². The number of hydrogen-bond donors (Lipinski definition) is 0. The Hall–Kier alpha value is -0.870. The monoisotopic (exact) mass is 284 g/mol. The molecule has 0 N–H and O–H groups in total. The van der Waals surface area contributed by atoms with E-state index in [1.807, 2.05) is 31.2 Å². The maximum Gasteiger partial charge on any atom is 0.338 e. The van der Waals surface area contributed by atoms with Gasteiger partial charge in [-0.3, -0.25) is 0 Å². The van der Waals surface area contributed by atoms with Crippen LogP contribution in [0.2, 0.25) is 0 Å². The van der Waals surface area contributed by atoms with Crippen LogP contribution in [0, 0.1) is 0 Å². The third kappa shape index (κ3) is 1.99. The number of halogens is 1. The molecule has 2 atom stereocenters. The quantitative estimate of drug-likeness (QED) is 0.633. The van der Waals surface area contributed by atoms with Crippen molar-refractivity contribution >= 4 is 21.9 Å². The lowest BCUT2D eigenvalue weighted by molar-refractivity contribution is -0.144. The molecule has 1 aliphatic rings. The van der Waals surface area contributed by atoms with Crippen molar-refractivity contribution in [2.24, 2.45) is 0 Å². The summed E-state index contributed by atoms with van der Waals surface area (Å²) in [4.78, 5) is 11.5. The molecule has 1 aliphatic heterocycles. The smallest absolute Gasteiger partial charge is 0.338 e. The van der Waals surface area contributed by atoms with E-state index in [0.717, 1.165) is 10.0 Å². The first-order chi connectivity index (χ1) is 7.58. The predicted octanol–water partition coefficient (Wildman–Crippen LogP) is 2.63. The zero-order valence-corrected chi connectivity index (χ0v) is 10.8. The highest BCUT2D eigenvalue weighted by Gasteiger charge is 2.59. The van der Waals surface area contributed by atoms with Gasteiger partial charge in [-0.05, 0) is 31.5 Å². The Kier molecular flexibility index (Phi) is 3.04. The van der Waals surface area contributed by atoms with Gasteiger partial charge in [-0.25, -0.2) is 4.79 Å². The van der Waals surface area contributed by atoms with E-state index in [1.165, 1.54) is 0 Å². The first kappa shape index (κ1) is 11.6. The Morgan fingerprint density at radius 3 is 2.69 bits per heavy atom. The molecule has 86 valence electrons. The molecule has 0 radical (unpaired) electrons. The predicted molar refractivity (Wildman–Crippen MR) is 63.0 cm³/mol. The fraction of sp³-hybridized carbons (Fsp3) is 0.417. The summed E-state index contributed by atoms with van der Waals surface area (Å²) in [6, 6.07) is 7.77. The summed E-state index contributed by atoms with van der Waals surface area (Å²) in [5.74, 6) is -0.284. The molecule has 1 aromatic carbocycles. The molecule has 2 unspecified atom stereocenters. The topological polar surface area (TPSA) is 38.8 Å². The first-order valence-electron chi connectivity index (χ1n) is 5.18. The van der Waals surface area contributed by atoms with Gasteiger partial charge in [0.15, 0.2) is 6.10 Å². The molecule has 1 fully saturated rings. The maximum atomic E-state index is 11.5. The molecule has 0 aliphatic carbocycles. The number of carbonyl (C=O) groups is 1. The molecule has 0 amide bonds. The van der Waals surface area contributed by atoms with Crippen LogP contribution in [0.4, 0.5) is 0 Å². The lowest BCUT2D eigenvalue weighted by atomic mass is 9.97. The van der Waals surface area contributed by atoms with Gasteiger partial charge in [0.1, 0.15) is 5.60 Å². The second-order valence-corrected chi connectivity index (χ2v) is 4.78. The molecule has 16 heavy (non-hydrogen) atoms. The Balaban J connectivity index is 2.12. The van der Waals surface area contributed by atoms with Gasteiger partial charge in [0.05, 0.1) is 6.61 Å². The van der Waals surface area contributed by atoms with Crippen LogP contribution in [0.25, 0.3) is 0 Å². The average Bonchev–Trinajstić information content (AvgIpc) is 2.93. The molecule has 2 rings (SSSR count). The minimum atomic E-state index is -0.521. The molecule has 0 spiro atoms. The Morgan fingerprint density at radius 2 is 2.12 bits per heavy atom. The molecule has 4 heteroatoms. The van der Waals surface area contributed by atoms with E-state index in [-0.39, 0.29) is 5.97 Å². The highest BCUT2D eigenvalue weighted by Crippen LogP contribution is 2.46. The van der Waals surface area contributed by atoms with E-state index in [1.54, 1.807) is 6.92 Å². The molecule has 1 heterocycles. The van der Waals surface area contributed by atoms with Crippen molar-refractivity contribution in [3.8, 4) is 0 Å². The lowest BCUT2D eigenvalue weighted by Gasteiger charge is -2.06. The highest BCUT2D eigenvalue weighted by molar-refractivity contribution is 9.10. The van der Waals surface area contributed by atoms with Crippen LogP contribution < -0.4 is 0 Å². The minimum absolute atomic E-state index is 0.284. The number of rotatable bonds is 3. The van der Waals surface area contributed by atoms with Crippen molar-refractivity contribution in [1.82, 2.24) is 0 Å². The van der Waals surface area contributed by atoms with E-state index in [0.29, 0.717) is 6.61 Å². The van der Waals surface area contributed by atoms with E-state index >= 15 is 0 Å². The van der Waals surface area contributed by atoms with E-state index in [4.69, 9.17) is 9.47 Å². The summed E-state index contributed by atoms with van der Waals surface area (Å²) in [6.07, 6.45) is -0.464. The lowest BCUT2D eigenvalue weighted by Crippen LogP contribution is -2.18. The van der Waals surface area contributed by atoms with E-state index in [2.05, 4.69) is 15.9 Å². The third-order valence-corrected chi connectivity index (χ3v) is 3.25. The number of epoxide rings is 1. The molecule has 3 nitrogen and oxygen atoms in total. The normalized spacial score (nSPS) is 27.6. The van der Waals surface area contributed by atoms with Crippen molar-refractivity contribution in [2.45, 2.75) is 25.6 Å². The van der Waals surface area contributed by atoms with Gasteiger partial charge in [0.2, 0.25) is 0 Å². The summed E-state index contributed by atoms with van der Waals surface area (Å²) in [7, 11) is 0. The number of carbonyl (C=O) groups excluding carboxylic acids is 1. The Labute approximate surface area is 103 Å². The minimum Gasteiger partial charge on any atom is -0.464 e. The number of ether oxygens (including phenoxy) is 2. The van der Waals surface area contributed by atoms with Crippen LogP contribution in [0.3, 0.4) is 0 Å². The molecular formula is C12H13BrO3. The standard InChI is InChI=1S/C12H13BrO3/c1-3-15-11(14)10-12(2,16-10)8-4-6-9(13)7-5-8/h4-7,10H,3H2,1-2H3. The van der Waals surface area contributed by atoms with Crippen molar-refractivity contribution in [3.63, 3.8) is 0 Å². The Bertz CT molecular complexity index is 401. The SMILES string of the molecule is CCOC(=O)C1OC1(C)c1ccc(Br)cc1. The molecular weight excluding hydrogens is 272 g/mol. The molecule has 0 saturated carbocycles. The molecule has 1 aromatic rings. The molecule has 0 bridgehead atoms. The van der Waals surface area contributed by atoms with Gasteiger partial charge in [-0.1, -0.05) is 28.1 Å². The average molecular weight is 285 g/mol. The molecule has 1 saturated heterocycles. The van der Waals surface area contributed by atoms with E-state index < -0.39 is 11.7 Å². The van der Waals surface area contributed by atoms with Crippen molar-refractivity contribution < 1.29 is 14.3 Å². The van der Waals surface area contributed by atoms with Crippen LogP contribution in [-0.2, 0) is 19.9 Å². The summed E-state index contributed by atoms with van der Waals surface area (Å²) < 4.78 is 11.4. The highest BCUT2D eigenvalue weighted by atomic mass is 79.9. The Morgan fingerprint density at radius 1 is 1.50 bits per heavy atom.